The SMILES string of the molecule is CC(=O)O[C@@H](C(=O)Nc1ccccc1[C@H]1NCCc2ccccc21)c1ccccc1. The predicted octanol–water partition coefficient (Wildman–Crippen LogP) is 4.16. The smallest absolute Gasteiger partial charge is 0.303 e. The van der Waals surface area contributed by atoms with Crippen LogP contribution >= 0.6 is 0 Å². The number of nitrogens with one attached hydrogen (secondary N) is 2. The van der Waals surface area contributed by atoms with Gasteiger partial charge in [0.25, 0.3) is 5.91 Å². The molecule has 0 saturated heterocycles. The summed E-state index contributed by atoms with van der Waals surface area (Å²) in [4.78, 5) is 24.7. The lowest BCUT2D eigenvalue weighted by Crippen LogP contribution is -2.32. The Morgan fingerprint density at radius 3 is 2.37 bits per heavy atom. The summed E-state index contributed by atoms with van der Waals surface area (Å²) in [5.41, 5.74) is 4.83. The van der Waals surface area contributed by atoms with E-state index in [-0.39, 0.29) is 11.9 Å². The predicted molar refractivity (Wildman–Crippen MR) is 116 cm³/mol. The molecule has 3 aromatic rings. The van der Waals surface area contributed by atoms with Crippen molar-refractivity contribution in [1.82, 2.24) is 5.32 Å². The average molecular weight is 400 g/mol. The Balaban J connectivity index is 1.65. The molecule has 1 heterocycles. The maximum Gasteiger partial charge on any atom is 0.303 e. The molecule has 4 rings (SSSR count). The van der Waals surface area contributed by atoms with Crippen LogP contribution in [0, 0.1) is 0 Å². The van der Waals surface area contributed by atoms with Gasteiger partial charge in [0, 0.05) is 24.7 Å². The second kappa shape index (κ2) is 8.93. The second-order valence-corrected chi connectivity index (χ2v) is 7.31. The molecule has 5 heteroatoms. The van der Waals surface area contributed by atoms with Crippen molar-refractivity contribution < 1.29 is 14.3 Å². The third-order valence-corrected chi connectivity index (χ3v) is 5.26. The molecule has 0 spiro atoms. The molecule has 0 saturated carbocycles. The van der Waals surface area contributed by atoms with Gasteiger partial charge < -0.3 is 15.4 Å². The van der Waals surface area contributed by atoms with Gasteiger partial charge in [-0.2, -0.15) is 0 Å². The van der Waals surface area contributed by atoms with Crippen LogP contribution in [-0.4, -0.2) is 18.4 Å². The Hall–Kier alpha value is -3.44. The fourth-order valence-electron chi connectivity index (χ4n) is 3.91. The molecule has 3 aromatic carbocycles. The van der Waals surface area contributed by atoms with Gasteiger partial charge in [-0.1, -0.05) is 72.8 Å². The molecule has 0 radical (unpaired) electrons. The van der Waals surface area contributed by atoms with Gasteiger partial charge in [0.05, 0.1) is 6.04 Å². The third kappa shape index (κ3) is 4.26. The second-order valence-electron chi connectivity index (χ2n) is 7.31. The minimum atomic E-state index is -1.01. The lowest BCUT2D eigenvalue weighted by atomic mass is 9.89. The Morgan fingerprint density at radius 2 is 1.60 bits per heavy atom. The highest BCUT2D eigenvalue weighted by atomic mass is 16.5. The highest BCUT2D eigenvalue weighted by molar-refractivity contribution is 5.96. The molecular formula is C25H24N2O3. The first-order chi connectivity index (χ1) is 14.6. The van der Waals surface area contributed by atoms with Gasteiger partial charge in [-0.15, -0.1) is 0 Å². The molecule has 2 atom stereocenters. The summed E-state index contributed by atoms with van der Waals surface area (Å²) in [5.74, 6) is -0.886. The van der Waals surface area contributed by atoms with E-state index in [2.05, 4.69) is 28.8 Å². The largest absolute Gasteiger partial charge is 0.447 e. The van der Waals surface area contributed by atoms with Crippen molar-refractivity contribution in [3.8, 4) is 0 Å². The number of hydrogen-bond acceptors (Lipinski definition) is 4. The number of benzene rings is 3. The van der Waals surface area contributed by atoms with Gasteiger partial charge >= 0.3 is 5.97 Å². The number of fused-ring (bicyclic) bond motifs is 1. The molecule has 0 unspecified atom stereocenters. The Kier molecular flexibility index (Phi) is 5.91. The number of amides is 1. The van der Waals surface area contributed by atoms with Gasteiger partial charge in [-0.05, 0) is 29.2 Å². The first kappa shape index (κ1) is 19.9. The molecule has 0 bridgehead atoms. The fourth-order valence-corrected chi connectivity index (χ4v) is 3.91. The molecule has 0 aliphatic carbocycles. The van der Waals surface area contributed by atoms with Crippen LogP contribution in [0.15, 0.2) is 78.9 Å². The summed E-state index contributed by atoms with van der Waals surface area (Å²) in [6, 6.07) is 25.1. The van der Waals surface area contributed by atoms with E-state index < -0.39 is 12.1 Å². The number of carbonyl (C=O) groups excluding carboxylic acids is 2. The minimum Gasteiger partial charge on any atom is -0.447 e. The molecule has 1 aliphatic rings. The summed E-state index contributed by atoms with van der Waals surface area (Å²) in [6.45, 7) is 2.17. The number of ether oxygens (including phenoxy) is 1. The number of carbonyl (C=O) groups is 2. The van der Waals surface area contributed by atoms with Crippen molar-refractivity contribution in [2.75, 3.05) is 11.9 Å². The zero-order valence-electron chi connectivity index (χ0n) is 16.8. The Labute approximate surface area is 176 Å². The molecule has 0 fully saturated rings. The molecule has 152 valence electrons. The van der Waals surface area contributed by atoms with Gasteiger partial charge in [-0.25, -0.2) is 0 Å². The highest BCUT2D eigenvalue weighted by Gasteiger charge is 2.27. The van der Waals surface area contributed by atoms with Crippen LogP contribution in [0.3, 0.4) is 0 Å². The first-order valence-electron chi connectivity index (χ1n) is 10.1. The minimum absolute atomic E-state index is 0.0182. The normalized spacial score (nSPS) is 16.2. The molecule has 1 amide bonds. The number of para-hydroxylation sites is 1. The van der Waals surface area contributed by atoms with Gasteiger partial charge in [-0.3, -0.25) is 9.59 Å². The Bertz CT molecular complexity index is 1050. The van der Waals surface area contributed by atoms with Crippen LogP contribution in [0.25, 0.3) is 0 Å². The molecule has 0 aromatic heterocycles. The summed E-state index contributed by atoms with van der Waals surface area (Å²) < 4.78 is 5.35. The summed E-state index contributed by atoms with van der Waals surface area (Å²) in [6.07, 6.45) is -0.0349. The van der Waals surface area contributed by atoms with Crippen molar-refractivity contribution in [2.45, 2.75) is 25.5 Å². The third-order valence-electron chi connectivity index (χ3n) is 5.26. The lowest BCUT2D eigenvalue weighted by molar-refractivity contribution is -0.152. The molecule has 1 aliphatic heterocycles. The zero-order valence-corrected chi connectivity index (χ0v) is 16.8. The van der Waals surface area contributed by atoms with Crippen molar-refractivity contribution >= 4 is 17.6 Å². The summed E-state index contributed by atoms with van der Waals surface area (Å²) >= 11 is 0. The maximum absolute atomic E-state index is 13.1. The number of anilines is 1. The Morgan fingerprint density at radius 1 is 0.933 bits per heavy atom. The monoisotopic (exact) mass is 400 g/mol. The van der Waals surface area contributed by atoms with Crippen LogP contribution in [0.2, 0.25) is 0 Å². The average Bonchev–Trinajstić information content (AvgIpc) is 2.78. The van der Waals surface area contributed by atoms with E-state index in [0.29, 0.717) is 11.3 Å². The standard InChI is InChI=1S/C25H24N2O3/c1-17(28)30-24(19-10-3-2-4-11-19)25(29)27-22-14-8-7-13-21(22)23-20-12-6-5-9-18(20)15-16-26-23/h2-14,23-24,26H,15-16H2,1H3,(H,27,29)/t23-,24+/m0/s1. The highest BCUT2D eigenvalue weighted by Crippen LogP contribution is 2.33. The van der Waals surface area contributed by atoms with Gasteiger partial charge in [0.1, 0.15) is 0 Å². The van der Waals surface area contributed by atoms with Crippen molar-refractivity contribution in [3.05, 3.63) is 101 Å². The number of rotatable bonds is 5. The quantitative estimate of drug-likeness (QED) is 0.631. The number of esters is 1. The van der Waals surface area contributed by atoms with E-state index in [0.717, 1.165) is 18.5 Å². The topological polar surface area (TPSA) is 67.4 Å². The van der Waals surface area contributed by atoms with E-state index in [4.69, 9.17) is 4.74 Å². The molecular weight excluding hydrogens is 376 g/mol. The van der Waals surface area contributed by atoms with E-state index >= 15 is 0 Å². The zero-order chi connectivity index (χ0) is 20.9. The van der Waals surface area contributed by atoms with Crippen LogP contribution in [-0.2, 0) is 20.7 Å². The van der Waals surface area contributed by atoms with Crippen LogP contribution in [0.1, 0.15) is 41.3 Å². The molecule has 30 heavy (non-hydrogen) atoms. The van der Waals surface area contributed by atoms with Crippen molar-refractivity contribution in [2.24, 2.45) is 0 Å². The molecule has 2 N–H and O–H groups in total. The van der Waals surface area contributed by atoms with Gasteiger partial charge in [0.2, 0.25) is 6.10 Å². The number of hydrogen-bond donors (Lipinski definition) is 2. The van der Waals surface area contributed by atoms with E-state index in [1.165, 1.54) is 18.1 Å². The lowest BCUT2D eigenvalue weighted by Gasteiger charge is -2.29. The van der Waals surface area contributed by atoms with Crippen LogP contribution < -0.4 is 10.6 Å². The van der Waals surface area contributed by atoms with Crippen molar-refractivity contribution in [3.63, 3.8) is 0 Å². The van der Waals surface area contributed by atoms with Crippen LogP contribution in [0.5, 0.6) is 0 Å². The van der Waals surface area contributed by atoms with E-state index in [9.17, 15) is 9.59 Å². The maximum atomic E-state index is 13.1. The van der Waals surface area contributed by atoms with E-state index in [1.54, 1.807) is 12.1 Å². The molecule has 5 nitrogen and oxygen atoms in total. The van der Waals surface area contributed by atoms with Crippen molar-refractivity contribution in [1.29, 1.82) is 0 Å². The van der Waals surface area contributed by atoms with Gasteiger partial charge in [0.15, 0.2) is 0 Å². The van der Waals surface area contributed by atoms with E-state index in [1.807, 2.05) is 48.5 Å². The fraction of sp³-hybridized carbons (Fsp3) is 0.200. The van der Waals surface area contributed by atoms with Crippen LogP contribution in [0.4, 0.5) is 5.69 Å². The summed E-state index contributed by atoms with van der Waals surface area (Å²) in [5, 5.41) is 6.55. The summed E-state index contributed by atoms with van der Waals surface area (Å²) in [7, 11) is 0. The first-order valence-corrected chi connectivity index (χ1v) is 10.1.